The molecule has 6 nitrogen and oxygen atoms in total. The summed E-state index contributed by atoms with van der Waals surface area (Å²) in [6, 6.07) is 3.83. The Morgan fingerprint density at radius 2 is 1.97 bits per heavy atom. The number of Topliss-reactive ketones (excluding diaryl/α,β-unsaturated/α-hetero) is 1. The Bertz CT molecular complexity index is 1050. The zero-order valence-electron chi connectivity index (χ0n) is 16.4. The predicted molar refractivity (Wildman–Crippen MR) is 101 cm³/mol. The number of nitrogens with one attached hydrogen (secondary N) is 1. The standard InChI is InChI=1S/C20H18ClF4N3O3/c1-28-6-12(17(27-28)20(23,24)25)15(29)5-18-8-19(9-18,10-18)26-16(30)7-31-11-2-3-13(21)14(22)4-11/h2-4,6H,5,7-10H2,1H3,(H,26,30). The molecule has 3 fully saturated rings. The molecule has 0 spiro atoms. The average Bonchev–Trinajstić information content (AvgIpc) is 3.02. The van der Waals surface area contributed by atoms with Gasteiger partial charge < -0.3 is 10.1 Å². The lowest BCUT2D eigenvalue weighted by atomic mass is 9.38. The molecular weight excluding hydrogens is 442 g/mol. The van der Waals surface area contributed by atoms with Crippen LogP contribution in [0.5, 0.6) is 5.75 Å². The first-order valence-corrected chi connectivity index (χ1v) is 9.81. The smallest absolute Gasteiger partial charge is 0.435 e. The van der Waals surface area contributed by atoms with Crippen molar-refractivity contribution in [3.8, 4) is 5.75 Å². The molecule has 166 valence electrons. The van der Waals surface area contributed by atoms with Crippen molar-refractivity contribution in [2.45, 2.75) is 37.4 Å². The third-order valence-electron chi connectivity index (χ3n) is 5.74. The van der Waals surface area contributed by atoms with Gasteiger partial charge >= 0.3 is 6.18 Å². The number of nitrogens with zero attached hydrogens (tertiary/aromatic N) is 2. The van der Waals surface area contributed by atoms with Gasteiger partial charge in [-0.3, -0.25) is 14.3 Å². The third kappa shape index (κ3) is 4.13. The van der Waals surface area contributed by atoms with E-state index in [-0.39, 0.29) is 23.8 Å². The normalized spacial score (nSPS) is 24.2. The van der Waals surface area contributed by atoms with E-state index >= 15 is 0 Å². The van der Waals surface area contributed by atoms with E-state index in [0.717, 1.165) is 16.9 Å². The van der Waals surface area contributed by atoms with Crippen molar-refractivity contribution in [2.24, 2.45) is 12.5 Å². The van der Waals surface area contributed by atoms with Gasteiger partial charge in [-0.1, -0.05) is 11.6 Å². The van der Waals surface area contributed by atoms with Gasteiger partial charge in [-0.25, -0.2) is 4.39 Å². The zero-order chi connectivity index (χ0) is 22.6. The molecule has 1 aromatic heterocycles. The topological polar surface area (TPSA) is 73.2 Å². The minimum Gasteiger partial charge on any atom is -0.484 e. The highest BCUT2D eigenvalue weighted by atomic mass is 35.5. The van der Waals surface area contributed by atoms with Crippen LogP contribution in [0.3, 0.4) is 0 Å². The van der Waals surface area contributed by atoms with Crippen LogP contribution in [-0.2, 0) is 18.0 Å². The third-order valence-corrected chi connectivity index (χ3v) is 6.05. The highest BCUT2D eigenvalue weighted by molar-refractivity contribution is 6.30. The van der Waals surface area contributed by atoms with Gasteiger partial charge in [0.1, 0.15) is 11.6 Å². The molecule has 1 N–H and O–H groups in total. The van der Waals surface area contributed by atoms with Gasteiger partial charge in [0.25, 0.3) is 5.91 Å². The van der Waals surface area contributed by atoms with Crippen molar-refractivity contribution in [1.82, 2.24) is 15.1 Å². The number of benzene rings is 1. The van der Waals surface area contributed by atoms with Gasteiger partial charge in [0.2, 0.25) is 0 Å². The van der Waals surface area contributed by atoms with E-state index in [4.69, 9.17) is 16.3 Å². The largest absolute Gasteiger partial charge is 0.484 e. The number of alkyl halides is 3. The summed E-state index contributed by atoms with van der Waals surface area (Å²) in [7, 11) is 1.33. The van der Waals surface area contributed by atoms with Gasteiger partial charge in [0.15, 0.2) is 18.1 Å². The van der Waals surface area contributed by atoms with E-state index in [1.165, 1.54) is 19.2 Å². The van der Waals surface area contributed by atoms with Crippen LogP contribution in [-0.4, -0.2) is 33.6 Å². The van der Waals surface area contributed by atoms with Crippen LogP contribution < -0.4 is 10.1 Å². The number of ketones is 1. The summed E-state index contributed by atoms with van der Waals surface area (Å²) in [5, 5.41) is 6.15. The fraction of sp³-hybridized carbons (Fsp3) is 0.450. The molecular formula is C20H18ClF4N3O3. The number of ether oxygens (including phenoxy) is 1. The number of halogens is 5. The molecule has 0 radical (unpaired) electrons. The molecule has 3 aliphatic carbocycles. The summed E-state index contributed by atoms with van der Waals surface area (Å²) in [4.78, 5) is 24.6. The molecule has 0 saturated heterocycles. The van der Waals surface area contributed by atoms with E-state index in [9.17, 15) is 27.2 Å². The van der Waals surface area contributed by atoms with E-state index in [1.807, 2.05) is 0 Å². The molecule has 3 saturated carbocycles. The Hall–Kier alpha value is -2.62. The number of hydrogen-bond donors (Lipinski definition) is 1. The average molecular weight is 460 g/mol. The van der Waals surface area contributed by atoms with Crippen LogP contribution in [0.2, 0.25) is 5.02 Å². The summed E-state index contributed by atoms with van der Waals surface area (Å²) >= 11 is 5.59. The maximum Gasteiger partial charge on any atom is 0.435 e. The van der Waals surface area contributed by atoms with Crippen LogP contribution in [0.15, 0.2) is 24.4 Å². The summed E-state index contributed by atoms with van der Waals surface area (Å²) in [6.07, 6.45) is -2.11. The van der Waals surface area contributed by atoms with Crippen LogP contribution in [0.25, 0.3) is 0 Å². The van der Waals surface area contributed by atoms with Crippen molar-refractivity contribution in [1.29, 1.82) is 0 Å². The Balaban J connectivity index is 1.28. The lowest BCUT2D eigenvalue weighted by Gasteiger charge is -2.70. The Kier molecular flexibility index (Phi) is 5.03. The quantitative estimate of drug-likeness (QED) is 0.503. The molecule has 1 amide bonds. The van der Waals surface area contributed by atoms with Crippen LogP contribution >= 0.6 is 11.6 Å². The number of carbonyl (C=O) groups is 2. The van der Waals surface area contributed by atoms with Gasteiger partial charge in [0.05, 0.1) is 10.6 Å². The van der Waals surface area contributed by atoms with Crippen molar-refractivity contribution in [3.05, 3.63) is 46.5 Å². The molecule has 2 aromatic rings. The maximum atomic E-state index is 13.4. The number of aromatic nitrogens is 2. The van der Waals surface area contributed by atoms with Crippen molar-refractivity contribution < 1.29 is 31.9 Å². The van der Waals surface area contributed by atoms with Gasteiger partial charge in [-0.05, 0) is 36.8 Å². The molecule has 0 aliphatic heterocycles. The number of hydrogen-bond acceptors (Lipinski definition) is 4. The molecule has 5 rings (SSSR count). The minimum absolute atomic E-state index is 0.0278. The molecule has 11 heteroatoms. The number of amides is 1. The van der Waals surface area contributed by atoms with E-state index in [1.54, 1.807) is 0 Å². The monoisotopic (exact) mass is 459 g/mol. The molecule has 31 heavy (non-hydrogen) atoms. The molecule has 1 aromatic carbocycles. The van der Waals surface area contributed by atoms with Crippen molar-refractivity contribution in [3.63, 3.8) is 0 Å². The second kappa shape index (κ2) is 7.22. The first-order chi connectivity index (χ1) is 14.4. The first kappa shape index (κ1) is 21.6. The Morgan fingerprint density at radius 3 is 2.58 bits per heavy atom. The molecule has 0 atom stereocenters. The fourth-order valence-electron chi connectivity index (χ4n) is 4.70. The highest BCUT2D eigenvalue weighted by Crippen LogP contribution is 2.69. The highest BCUT2D eigenvalue weighted by Gasteiger charge is 2.68. The van der Waals surface area contributed by atoms with Crippen molar-refractivity contribution >= 4 is 23.3 Å². The number of carbonyl (C=O) groups excluding carboxylic acids is 2. The zero-order valence-corrected chi connectivity index (χ0v) is 17.1. The summed E-state index contributed by atoms with van der Waals surface area (Å²) in [5.74, 6) is -1.50. The summed E-state index contributed by atoms with van der Waals surface area (Å²) in [6.45, 7) is -0.320. The van der Waals surface area contributed by atoms with Crippen LogP contribution in [0.4, 0.5) is 17.6 Å². The van der Waals surface area contributed by atoms with Crippen molar-refractivity contribution in [2.75, 3.05) is 6.61 Å². The van der Waals surface area contributed by atoms with Crippen LogP contribution in [0, 0.1) is 11.2 Å². The number of rotatable bonds is 7. The Labute approximate surface area is 179 Å². The van der Waals surface area contributed by atoms with Gasteiger partial charge in [-0.15, -0.1) is 0 Å². The predicted octanol–water partition coefficient (Wildman–Crippen LogP) is 3.92. The maximum absolute atomic E-state index is 13.4. The van der Waals surface area contributed by atoms with Crippen LogP contribution in [0.1, 0.15) is 41.7 Å². The fourth-order valence-corrected chi connectivity index (χ4v) is 4.82. The lowest BCUT2D eigenvalue weighted by molar-refractivity contribution is -0.164. The second-order valence-electron chi connectivity index (χ2n) is 8.39. The second-order valence-corrected chi connectivity index (χ2v) is 8.79. The molecule has 2 bridgehead atoms. The molecule has 1 heterocycles. The van der Waals surface area contributed by atoms with E-state index in [0.29, 0.717) is 19.3 Å². The Morgan fingerprint density at radius 1 is 1.29 bits per heavy atom. The lowest BCUT2D eigenvalue weighted by Crippen LogP contribution is -2.75. The summed E-state index contributed by atoms with van der Waals surface area (Å²) in [5.41, 5.74) is -2.47. The molecule has 0 unspecified atom stereocenters. The van der Waals surface area contributed by atoms with E-state index < -0.39 is 45.9 Å². The first-order valence-electron chi connectivity index (χ1n) is 9.43. The number of aryl methyl sites for hydroxylation is 1. The molecule has 3 aliphatic rings. The summed E-state index contributed by atoms with van der Waals surface area (Å²) < 4.78 is 58.9. The van der Waals surface area contributed by atoms with Gasteiger partial charge in [-0.2, -0.15) is 18.3 Å². The van der Waals surface area contributed by atoms with Gasteiger partial charge in [0, 0.05) is 31.3 Å². The minimum atomic E-state index is -4.70. The van der Waals surface area contributed by atoms with E-state index in [2.05, 4.69) is 10.4 Å². The SMILES string of the molecule is Cn1cc(C(=O)CC23CC(NC(=O)COc4ccc(Cl)c(F)c4)(C2)C3)c(C(F)(F)F)n1.